The second-order valence-electron chi connectivity index (χ2n) is 5.74. The summed E-state index contributed by atoms with van der Waals surface area (Å²) >= 11 is 6.25. The van der Waals surface area contributed by atoms with E-state index in [2.05, 4.69) is 5.32 Å². The van der Waals surface area contributed by atoms with E-state index in [1.54, 1.807) is 6.07 Å². The SMILES string of the molecule is Cc1cc(C)c(NC(=O)C2Oc3ccccc3OC2C)c(Cl)c1. The molecule has 1 amide bonds. The number of hydrogen-bond donors (Lipinski definition) is 1. The highest BCUT2D eigenvalue weighted by atomic mass is 35.5. The molecule has 1 aliphatic heterocycles. The molecule has 2 atom stereocenters. The van der Waals surface area contributed by atoms with Crippen LogP contribution in [0.3, 0.4) is 0 Å². The lowest BCUT2D eigenvalue weighted by atomic mass is 10.1. The molecule has 0 saturated heterocycles. The Bertz CT molecular complexity index is 737. The summed E-state index contributed by atoms with van der Waals surface area (Å²) in [5.74, 6) is 0.937. The molecule has 1 aliphatic rings. The number of halogens is 1. The van der Waals surface area contributed by atoms with Crippen LogP contribution >= 0.6 is 11.6 Å². The molecule has 0 bridgehead atoms. The smallest absolute Gasteiger partial charge is 0.269 e. The van der Waals surface area contributed by atoms with Gasteiger partial charge in [-0.1, -0.05) is 29.8 Å². The minimum absolute atomic E-state index is 0.277. The van der Waals surface area contributed by atoms with Crippen molar-refractivity contribution in [3.05, 3.63) is 52.5 Å². The zero-order chi connectivity index (χ0) is 16.6. The molecular formula is C18H18ClNO3. The molecule has 0 fully saturated rings. The summed E-state index contributed by atoms with van der Waals surface area (Å²) in [6.45, 7) is 5.68. The second kappa shape index (κ2) is 6.13. The first kappa shape index (κ1) is 15.7. The van der Waals surface area contributed by atoms with E-state index in [0.717, 1.165) is 11.1 Å². The molecular weight excluding hydrogens is 314 g/mol. The highest BCUT2D eigenvalue weighted by Crippen LogP contribution is 2.34. The molecule has 2 aromatic rings. The van der Waals surface area contributed by atoms with Crippen molar-refractivity contribution in [1.82, 2.24) is 0 Å². The van der Waals surface area contributed by atoms with E-state index in [0.29, 0.717) is 22.2 Å². The number of benzene rings is 2. The van der Waals surface area contributed by atoms with Gasteiger partial charge in [-0.2, -0.15) is 0 Å². The summed E-state index contributed by atoms with van der Waals surface area (Å²) in [6.07, 6.45) is -1.13. The van der Waals surface area contributed by atoms with Crippen molar-refractivity contribution < 1.29 is 14.3 Å². The number of nitrogens with one attached hydrogen (secondary N) is 1. The molecule has 0 aromatic heterocycles. The van der Waals surface area contributed by atoms with Gasteiger partial charge in [-0.05, 0) is 50.1 Å². The lowest BCUT2D eigenvalue weighted by Gasteiger charge is -2.31. The van der Waals surface area contributed by atoms with Crippen molar-refractivity contribution in [2.45, 2.75) is 33.0 Å². The Morgan fingerprint density at radius 1 is 1.13 bits per heavy atom. The monoisotopic (exact) mass is 331 g/mol. The van der Waals surface area contributed by atoms with Crippen LogP contribution in [0.25, 0.3) is 0 Å². The maximum absolute atomic E-state index is 12.6. The largest absolute Gasteiger partial charge is 0.482 e. The van der Waals surface area contributed by atoms with Gasteiger partial charge in [0.2, 0.25) is 6.10 Å². The molecule has 0 radical (unpaired) electrons. The van der Waals surface area contributed by atoms with Crippen LogP contribution in [0.4, 0.5) is 5.69 Å². The predicted octanol–water partition coefficient (Wildman–Crippen LogP) is 4.12. The van der Waals surface area contributed by atoms with Gasteiger partial charge in [0, 0.05) is 0 Å². The molecule has 5 heteroatoms. The van der Waals surface area contributed by atoms with E-state index >= 15 is 0 Å². The highest BCUT2D eigenvalue weighted by molar-refractivity contribution is 6.34. The summed E-state index contributed by atoms with van der Waals surface area (Å²) in [4.78, 5) is 12.6. The number of amides is 1. The van der Waals surface area contributed by atoms with Gasteiger partial charge in [-0.15, -0.1) is 0 Å². The molecule has 2 aromatic carbocycles. The van der Waals surface area contributed by atoms with Crippen molar-refractivity contribution in [1.29, 1.82) is 0 Å². The number of hydrogen-bond acceptors (Lipinski definition) is 3. The maximum atomic E-state index is 12.6. The van der Waals surface area contributed by atoms with E-state index in [1.165, 1.54) is 0 Å². The van der Waals surface area contributed by atoms with Crippen LogP contribution < -0.4 is 14.8 Å². The Kier molecular flexibility index (Phi) is 4.18. The standard InChI is InChI=1S/C18H18ClNO3/c1-10-8-11(2)16(13(19)9-10)20-18(21)17-12(3)22-14-6-4-5-7-15(14)23-17/h4-9,12,17H,1-3H3,(H,20,21). The van der Waals surface area contributed by atoms with Crippen LogP contribution in [0.2, 0.25) is 5.02 Å². The van der Waals surface area contributed by atoms with Crippen LogP contribution in [-0.2, 0) is 4.79 Å². The molecule has 3 rings (SSSR count). The average Bonchev–Trinajstić information content (AvgIpc) is 2.50. The van der Waals surface area contributed by atoms with Crippen LogP contribution in [0, 0.1) is 13.8 Å². The maximum Gasteiger partial charge on any atom is 0.269 e. The molecule has 0 spiro atoms. The van der Waals surface area contributed by atoms with Gasteiger partial charge < -0.3 is 14.8 Å². The number of carbonyl (C=O) groups is 1. The third-order valence-electron chi connectivity index (χ3n) is 3.78. The Morgan fingerprint density at radius 2 is 1.78 bits per heavy atom. The average molecular weight is 332 g/mol. The summed E-state index contributed by atoms with van der Waals surface area (Å²) in [6, 6.07) is 11.1. The lowest BCUT2D eigenvalue weighted by Crippen LogP contribution is -2.46. The number of carbonyl (C=O) groups excluding carboxylic acids is 1. The number of aryl methyl sites for hydroxylation is 2. The van der Waals surface area contributed by atoms with Gasteiger partial charge in [0.15, 0.2) is 11.5 Å². The molecule has 23 heavy (non-hydrogen) atoms. The number of rotatable bonds is 2. The van der Waals surface area contributed by atoms with E-state index in [-0.39, 0.29) is 5.91 Å². The van der Waals surface area contributed by atoms with Crippen LogP contribution in [0.15, 0.2) is 36.4 Å². The quantitative estimate of drug-likeness (QED) is 0.900. The molecule has 2 unspecified atom stereocenters. The van der Waals surface area contributed by atoms with Gasteiger partial charge in [0.05, 0.1) is 10.7 Å². The van der Waals surface area contributed by atoms with E-state index in [9.17, 15) is 4.79 Å². The van der Waals surface area contributed by atoms with E-state index in [4.69, 9.17) is 21.1 Å². The van der Waals surface area contributed by atoms with E-state index < -0.39 is 12.2 Å². The number of fused-ring (bicyclic) bond motifs is 1. The van der Waals surface area contributed by atoms with Crippen molar-refractivity contribution in [3.63, 3.8) is 0 Å². The zero-order valence-corrected chi connectivity index (χ0v) is 14.0. The fourth-order valence-corrected chi connectivity index (χ4v) is 3.04. The lowest BCUT2D eigenvalue weighted by molar-refractivity contribution is -0.128. The third-order valence-corrected chi connectivity index (χ3v) is 4.08. The summed E-state index contributed by atoms with van der Waals surface area (Å²) in [7, 11) is 0. The predicted molar refractivity (Wildman–Crippen MR) is 90.5 cm³/mol. The van der Waals surface area contributed by atoms with Crippen molar-refractivity contribution >= 4 is 23.2 Å². The molecule has 120 valence electrons. The summed E-state index contributed by atoms with van der Waals surface area (Å²) < 4.78 is 11.6. The molecule has 0 aliphatic carbocycles. The Balaban J connectivity index is 1.82. The first-order chi connectivity index (χ1) is 11.0. The van der Waals surface area contributed by atoms with Gasteiger partial charge in [0.25, 0.3) is 5.91 Å². The normalized spacial score (nSPS) is 19.3. The zero-order valence-electron chi connectivity index (χ0n) is 13.2. The van der Waals surface area contributed by atoms with Crippen LogP contribution in [0.1, 0.15) is 18.1 Å². The highest BCUT2D eigenvalue weighted by Gasteiger charge is 2.34. The second-order valence-corrected chi connectivity index (χ2v) is 6.14. The van der Waals surface area contributed by atoms with Gasteiger partial charge in [0.1, 0.15) is 6.10 Å². The summed E-state index contributed by atoms with van der Waals surface area (Å²) in [5.41, 5.74) is 2.56. The molecule has 4 nitrogen and oxygen atoms in total. The molecule has 1 heterocycles. The Morgan fingerprint density at radius 3 is 2.43 bits per heavy atom. The Labute approximate surface area is 140 Å². The number of ether oxygens (including phenoxy) is 2. The minimum Gasteiger partial charge on any atom is -0.482 e. The first-order valence-corrected chi connectivity index (χ1v) is 7.83. The van der Waals surface area contributed by atoms with Crippen molar-refractivity contribution in [2.75, 3.05) is 5.32 Å². The fourth-order valence-electron chi connectivity index (χ4n) is 2.67. The van der Waals surface area contributed by atoms with Crippen LogP contribution in [0.5, 0.6) is 11.5 Å². The minimum atomic E-state index is -0.735. The van der Waals surface area contributed by atoms with Crippen molar-refractivity contribution in [2.24, 2.45) is 0 Å². The van der Waals surface area contributed by atoms with Gasteiger partial charge >= 0.3 is 0 Å². The third kappa shape index (κ3) is 3.13. The number of para-hydroxylation sites is 2. The topological polar surface area (TPSA) is 47.6 Å². The van der Waals surface area contributed by atoms with Gasteiger partial charge in [-0.25, -0.2) is 0 Å². The first-order valence-electron chi connectivity index (χ1n) is 7.45. The number of anilines is 1. The van der Waals surface area contributed by atoms with Gasteiger partial charge in [-0.3, -0.25) is 4.79 Å². The van der Waals surface area contributed by atoms with E-state index in [1.807, 2.05) is 51.1 Å². The summed E-state index contributed by atoms with van der Waals surface area (Å²) in [5, 5.41) is 3.38. The fraction of sp³-hybridized carbons (Fsp3) is 0.278. The molecule has 1 N–H and O–H groups in total. The van der Waals surface area contributed by atoms with Crippen molar-refractivity contribution in [3.8, 4) is 11.5 Å². The Hall–Kier alpha value is -2.20. The molecule has 0 saturated carbocycles. The van der Waals surface area contributed by atoms with Crippen LogP contribution in [-0.4, -0.2) is 18.1 Å².